The van der Waals surface area contributed by atoms with Crippen molar-refractivity contribution < 1.29 is 14.3 Å². The molecule has 4 atom stereocenters. The first kappa shape index (κ1) is 21.0. The van der Waals surface area contributed by atoms with Crippen molar-refractivity contribution in [2.75, 3.05) is 13.1 Å². The van der Waals surface area contributed by atoms with E-state index in [4.69, 9.17) is 9.47 Å². The summed E-state index contributed by atoms with van der Waals surface area (Å²) in [5.74, 6) is 1.89. The van der Waals surface area contributed by atoms with Crippen molar-refractivity contribution in [2.45, 2.75) is 87.9 Å². The molecule has 3 fully saturated rings. The van der Waals surface area contributed by atoms with E-state index in [9.17, 15) is 4.79 Å². The van der Waals surface area contributed by atoms with Gasteiger partial charge in [-0.2, -0.15) is 0 Å². The molecule has 1 spiro atoms. The molecule has 1 unspecified atom stereocenters. The summed E-state index contributed by atoms with van der Waals surface area (Å²) in [6.07, 6.45) is 9.10. The van der Waals surface area contributed by atoms with E-state index in [0.717, 1.165) is 63.3 Å². The van der Waals surface area contributed by atoms with E-state index in [0.29, 0.717) is 6.42 Å². The van der Waals surface area contributed by atoms with Crippen LogP contribution in [0.1, 0.15) is 67.2 Å². The Morgan fingerprint density at radius 2 is 1.97 bits per heavy atom. The van der Waals surface area contributed by atoms with Crippen LogP contribution in [-0.2, 0) is 27.8 Å². The van der Waals surface area contributed by atoms with Crippen LogP contribution in [0, 0.1) is 12.8 Å². The average molecular weight is 458 g/mol. The van der Waals surface area contributed by atoms with Crippen LogP contribution in [0.3, 0.4) is 0 Å². The van der Waals surface area contributed by atoms with Gasteiger partial charge in [-0.1, -0.05) is 42.5 Å². The number of aryl methyl sites for hydroxylation is 2. The molecule has 178 valence electrons. The monoisotopic (exact) mass is 457 g/mol. The lowest BCUT2D eigenvalue weighted by Crippen LogP contribution is -2.76. The summed E-state index contributed by atoms with van der Waals surface area (Å²) in [6.45, 7) is 4.42. The molecule has 34 heavy (non-hydrogen) atoms. The molecule has 1 saturated heterocycles. The highest BCUT2D eigenvalue weighted by atomic mass is 16.6. The number of piperidine rings is 1. The highest BCUT2D eigenvalue weighted by Gasteiger charge is 2.73. The van der Waals surface area contributed by atoms with Crippen molar-refractivity contribution in [2.24, 2.45) is 5.92 Å². The first-order chi connectivity index (χ1) is 16.6. The van der Waals surface area contributed by atoms with Crippen molar-refractivity contribution in [3.63, 3.8) is 0 Å². The molecule has 3 aliphatic carbocycles. The van der Waals surface area contributed by atoms with Gasteiger partial charge in [0.25, 0.3) is 0 Å². The summed E-state index contributed by atoms with van der Waals surface area (Å²) in [4.78, 5) is 16.2. The summed E-state index contributed by atoms with van der Waals surface area (Å²) in [7, 11) is 0. The number of rotatable bonds is 6. The van der Waals surface area contributed by atoms with Crippen LogP contribution in [0.25, 0.3) is 0 Å². The second-order valence-corrected chi connectivity index (χ2v) is 11.5. The van der Waals surface area contributed by atoms with Gasteiger partial charge in [-0.15, -0.1) is 0 Å². The number of esters is 1. The molecule has 2 bridgehead atoms. The maximum Gasteiger partial charge on any atom is 0.306 e. The first-order valence-corrected chi connectivity index (χ1v) is 13.4. The highest BCUT2D eigenvalue weighted by Crippen LogP contribution is 2.66. The predicted octanol–water partition coefficient (Wildman–Crippen LogP) is 5.13. The molecule has 0 radical (unpaired) electrons. The quantitative estimate of drug-likeness (QED) is 0.564. The number of benzene rings is 2. The number of likely N-dealkylation sites (tertiary alicyclic amines) is 1. The van der Waals surface area contributed by atoms with Crippen LogP contribution in [-0.4, -0.2) is 41.7 Å². The standard InChI is InChI=1S/C30H35NO3/c1-20-9-13-23-18-24-30(34-26(32)14-12-21-6-3-2-4-7-21)15-5-8-25-29(30,27(23)28(20)33-25)16-17-31(24)19-22-10-11-22/h2-4,6-7,9,13,22,24-25H,5,8,10-12,14-19H2,1H3/t24?,25-,29+,30+/m0/s1. The van der Waals surface area contributed by atoms with Crippen LogP contribution in [0.2, 0.25) is 0 Å². The second-order valence-electron chi connectivity index (χ2n) is 11.5. The Kier molecular flexibility index (Phi) is 4.68. The minimum atomic E-state index is -0.469. The van der Waals surface area contributed by atoms with Crippen LogP contribution < -0.4 is 4.74 Å². The molecule has 2 aromatic rings. The van der Waals surface area contributed by atoms with E-state index < -0.39 is 5.60 Å². The summed E-state index contributed by atoms with van der Waals surface area (Å²) in [5, 5.41) is 0. The molecule has 4 nitrogen and oxygen atoms in total. The number of carbonyl (C=O) groups excluding carboxylic acids is 1. The molecule has 0 aromatic heterocycles. The van der Waals surface area contributed by atoms with E-state index in [1.54, 1.807) is 0 Å². The Morgan fingerprint density at radius 1 is 1.12 bits per heavy atom. The fourth-order valence-corrected chi connectivity index (χ4v) is 7.95. The molecule has 0 N–H and O–H groups in total. The topological polar surface area (TPSA) is 38.8 Å². The van der Waals surface area contributed by atoms with Gasteiger partial charge in [-0.25, -0.2) is 0 Å². The summed E-state index contributed by atoms with van der Waals surface area (Å²) in [6, 6.07) is 15.1. The maximum absolute atomic E-state index is 13.5. The van der Waals surface area contributed by atoms with Crippen molar-refractivity contribution in [3.05, 3.63) is 64.7 Å². The Bertz CT molecular complexity index is 1130. The minimum Gasteiger partial charge on any atom is -0.489 e. The SMILES string of the molecule is Cc1ccc2c3c1O[C@H]1CCC[C@@]4(OC(=O)CCc5ccccc5)C(C2)N(CC2CC2)CC[C@]314. The average Bonchev–Trinajstić information content (AvgIpc) is 3.59. The van der Waals surface area contributed by atoms with E-state index >= 15 is 0 Å². The van der Waals surface area contributed by atoms with Gasteiger partial charge in [-0.05, 0) is 87.4 Å². The van der Waals surface area contributed by atoms with Gasteiger partial charge in [0.1, 0.15) is 17.5 Å². The first-order valence-electron chi connectivity index (χ1n) is 13.4. The molecule has 0 amide bonds. The minimum absolute atomic E-state index is 0.0355. The van der Waals surface area contributed by atoms with Crippen molar-refractivity contribution in [3.8, 4) is 5.75 Å². The predicted molar refractivity (Wildman–Crippen MR) is 131 cm³/mol. The van der Waals surface area contributed by atoms with Crippen LogP contribution in [0.5, 0.6) is 5.75 Å². The molecular weight excluding hydrogens is 422 g/mol. The van der Waals surface area contributed by atoms with E-state index in [-0.39, 0.29) is 23.5 Å². The zero-order valence-corrected chi connectivity index (χ0v) is 20.2. The Labute approximate surface area is 202 Å². The van der Waals surface area contributed by atoms with Crippen molar-refractivity contribution >= 4 is 5.97 Å². The van der Waals surface area contributed by atoms with Gasteiger partial charge >= 0.3 is 5.97 Å². The number of carbonyl (C=O) groups is 1. The molecule has 4 heteroatoms. The van der Waals surface area contributed by atoms with Gasteiger partial charge in [0.2, 0.25) is 0 Å². The summed E-state index contributed by atoms with van der Waals surface area (Å²) in [5.41, 5.74) is 4.60. The zero-order chi connectivity index (χ0) is 22.9. The Balaban J connectivity index is 1.29. The smallest absolute Gasteiger partial charge is 0.306 e. The fourth-order valence-electron chi connectivity index (χ4n) is 7.95. The van der Waals surface area contributed by atoms with Gasteiger partial charge in [0.15, 0.2) is 0 Å². The van der Waals surface area contributed by atoms with Crippen LogP contribution >= 0.6 is 0 Å². The van der Waals surface area contributed by atoms with Crippen LogP contribution in [0.15, 0.2) is 42.5 Å². The number of hydrogen-bond donors (Lipinski definition) is 0. The molecule has 7 rings (SSSR count). The lowest BCUT2D eigenvalue weighted by Gasteiger charge is -2.64. The number of nitrogens with zero attached hydrogens (tertiary/aromatic N) is 1. The number of hydrogen-bond acceptors (Lipinski definition) is 4. The third kappa shape index (κ3) is 2.90. The van der Waals surface area contributed by atoms with Gasteiger partial charge < -0.3 is 9.47 Å². The molecule has 2 aliphatic heterocycles. The zero-order valence-electron chi connectivity index (χ0n) is 20.2. The molecule has 2 aromatic carbocycles. The lowest BCUT2D eigenvalue weighted by molar-refractivity contribution is -0.217. The third-order valence-corrected chi connectivity index (χ3v) is 9.60. The van der Waals surface area contributed by atoms with E-state index in [1.807, 2.05) is 18.2 Å². The lowest BCUT2D eigenvalue weighted by atomic mass is 9.49. The van der Waals surface area contributed by atoms with Gasteiger partial charge in [-0.3, -0.25) is 9.69 Å². The fraction of sp³-hybridized carbons (Fsp3) is 0.567. The third-order valence-electron chi connectivity index (χ3n) is 9.60. The molecule has 5 aliphatic rings. The summed E-state index contributed by atoms with van der Waals surface area (Å²) < 4.78 is 13.6. The van der Waals surface area contributed by atoms with Gasteiger partial charge in [0.05, 0.1) is 11.5 Å². The second kappa shape index (κ2) is 7.58. The molecular formula is C30H35NO3. The van der Waals surface area contributed by atoms with Crippen molar-refractivity contribution in [1.29, 1.82) is 0 Å². The van der Waals surface area contributed by atoms with Gasteiger partial charge in [0, 0.05) is 18.5 Å². The Morgan fingerprint density at radius 3 is 2.79 bits per heavy atom. The highest BCUT2D eigenvalue weighted by molar-refractivity contribution is 5.72. The molecule has 2 saturated carbocycles. The normalized spacial score (nSPS) is 33.2. The maximum atomic E-state index is 13.5. The van der Waals surface area contributed by atoms with Crippen molar-refractivity contribution in [1.82, 2.24) is 4.90 Å². The van der Waals surface area contributed by atoms with E-state index in [1.165, 1.54) is 35.1 Å². The number of ether oxygens (including phenoxy) is 2. The van der Waals surface area contributed by atoms with E-state index in [2.05, 4.69) is 36.1 Å². The van der Waals surface area contributed by atoms with Crippen LogP contribution in [0.4, 0.5) is 0 Å². The Hall–Kier alpha value is -2.33. The summed E-state index contributed by atoms with van der Waals surface area (Å²) >= 11 is 0. The largest absolute Gasteiger partial charge is 0.489 e. The molecule has 2 heterocycles.